The molecular weight excluding hydrogens is 562 g/mol. The van der Waals surface area contributed by atoms with Crippen LogP contribution in [-0.2, 0) is 46.0 Å². The van der Waals surface area contributed by atoms with Crippen LogP contribution in [0.25, 0.3) is 0 Å². The molecule has 0 heterocycles. The van der Waals surface area contributed by atoms with Gasteiger partial charge in [0.05, 0.1) is 25.3 Å². The van der Waals surface area contributed by atoms with Crippen molar-refractivity contribution in [2.24, 2.45) is 0 Å². The van der Waals surface area contributed by atoms with Crippen LogP contribution in [0.5, 0.6) is 0 Å². The predicted octanol–water partition coefficient (Wildman–Crippen LogP) is 5.38. The SMILES string of the molecule is C/C=C/[C@@H](O[Si](C)(C)C(C)(C)C)[C@H](OC(=O)Cc1ccccc1)[C@H](COS(C)(=O)=O)NC(=O)OCc1ccccc1. The number of rotatable bonds is 14. The average Bonchev–Trinajstić information content (AvgIpc) is 2.88. The molecule has 226 valence electrons. The van der Waals surface area contributed by atoms with Crippen molar-refractivity contribution in [3.8, 4) is 0 Å². The molecule has 0 saturated carbocycles. The minimum absolute atomic E-state index is 0.0104. The zero-order chi connectivity index (χ0) is 30.7. The van der Waals surface area contributed by atoms with E-state index in [1.807, 2.05) is 36.4 Å². The summed E-state index contributed by atoms with van der Waals surface area (Å²) in [4.78, 5) is 26.1. The van der Waals surface area contributed by atoms with Gasteiger partial charge in [0.1, 0.15) is 12.7 Å². The quantitative estimate of drug-likeness (QED) is 0.132. The number of esters is 1. The lowest BCUT2D eigenvalue weighted by molar-refractivity contribution is -0.154. The number of hydrogen-bond donors (Lipinski definition) is 1. The van der Waals surface area contributed by atoms with Crippen molar-refractivity contribution >= 4 is 30.5 Å². The lowest BCUT2D eigenvalue weighted by Crippen LogP contribution is -2.56. The van der Waals surface area contributed by atoms with Gasteiger partial charge in [0.15, 0.2) is 14.4 Å². The molecule has 0 aliphatic rings. The molecule has 0 spiro atoms. The Balaban J connectivity index is 2.43. The highest BCUT2D eigenvalue weighted by Gasteiger charge is 2.43. The monoisotopic (exact) mass is 605 g/mol. The number of carbonyl (C=O) groups is 2. The number of nitrogens with one attached hydrogen (secondary N) is 1. The van der Waals surface area contributed by atoms with Crippen LogP contribution in [0.1, 0.15) is 38.8 Å². The number of carbonyl (C=O) groups excluding carboxylic acids is 2. The van der Waals surface area contributed by atoms with E-state index in [0.29, 0.717) is 0 Å². The predicted molar refractivity (Wildman–Crippen MR) is 161 cm³/mol. The van der Waals surface area contributed by atoms with E-state index in [-0.39, 0.29) is 18.1 Å². The van der Waals surface area contributed by atoms with Crippen LogP contribution in [-0.4, -0.2) is 59.9 Å². The number of ether oxygens (including phenoxy) is 2. The van der Waals surface area contributed by atoms with Gasteiger partial charge in [-0.25, -0.2) is 4.79 Å². The third-order valence-electron chi connectivity index (χ3n) is 6.78. The van der Waals surface area contributed by atoms with Gasteiger partial charge in [-0.15, -0.1) is 0 Å². The molecule has 1 N–H and O–H groups in total. The topological polar surface area (TPSA) is 117 Å². The van der Waals surface area contributed by atoms with Crippen molar-refractivity contribution in [3.05, 3.63) is 83.9 Å². The van der Waals surface area contributed by atoms with E-state index in [1.54, 1.807) is 43.3 Å². The standard InChI is InChI=1S/C30H43NO8SSi/c1-8-15-26(39-41(6,7)30(2,3)4)28(38-27(32)20-23-16-11-9-12-17-23)25(22-37-40(5,34)35)31-29(33)36-21-24-18-13-10-14-19-24/h8-19,25-26,28H,20-22H2,1-7H3,(H,31,33)/b15-8+/t25-,26+,28+/m0/s1. The van der Waals surface area contributed by atoms with Gasteiger partial charge in [0, 0.05) is 0 Å². The molecule has 2 aromatic carbocycles. The maximum Gasteiger partial charge on any atom is 0.407 e. The molecule has 9 nitrogen and oxygen atoms in total. The fourth-order valence-corrected chi connectivity index (χ4v) is 5.23. The van der Waals surface area contributed by atoms with Crippen molar-refractivity contribution in [3.63, 3.8) is 0 Å². The van der Waals surface area contributed by atoms with E-state index in [0.717, 1.165) is 17.4 Å². The largest absolute Gasteiger partial charge is 0.457 e. The maximum absolute atomic E-state index is 13.2. The summed E-state index contributed by atoms with van der Waals surface area (Å²) in [5.41, 5.74) is 1.51. The first kappa shape index (κ1) is 34.2. The minimum atomic E-state index is -3.90. The van der Waals surface area contributed by atoms with Crippen LogP contribution < -0.4 is 5.32 Å². The lowest BCUT2D eigenvalue weighted by Gasteiger charge is -2.41. The second-order valence-corrected chi connectivity index (χ2v) is 17.7. The molecule has 0 unspecified atom stereocenters. The molecule has 0 aromatic heterocycles. The average molecular weight is 606 g/mol. The molecule has 0 bridgehead atoms. The molecule has 0 radical (unpaired) electrons. The zero-order valence-corrected chi connectivity index (χ0v) is 26.8. The Morgan fingerprint density at radius 1 is 0.976 bits per heavy atom. The van der Waals surface area contributed by atoms with Crippen molar-refractivity contribution in [2.75, 3.05) is 12.9 Å². The summed E-state index contributed by atoms with van der Waals surface area (Å²) in [6.07, 6.45) is 1.60. The zero-order valence-electron chi connectivity index (χ0n) is 25.0. The molecule has 0 saturated heterocycles. The van der Waals surface area contributed by atoms with Gasteiger partial charge in [0.25, 0.3) is 10.1 Å². The van der Waals surface area contributed by atoms with Crippen LogP contribution in [0.4, 0.5) is 4.79 Å². The van der Waals surface area contributed by atoms with Crippen molar-refractivity contribution < 1.29 is 36.1 Å². The Kier molecular flexibility index (Phi) is 12.8. The highest BCUT2D eigenvalue weighted by Crippen LogP contribution is 2.38. The molecule has 1 amide bonds. The van der Waals surface area contributed by atoms with Gasteiger partial charge < -0.3 is 19.2 Å². The van der Waals surface area contributed by atoms with Gasteiger partial charge in [0.2, 0.25) is 0 Å². The van der Waals surface area contributed by atoms with Crippen LogP contribution >= 0.6 is 0 Å². The molecule has 2 aromatic rings. The Hall–Kier alpha value is -2.99. The molecule has 11 heteroatoms. The van der Waals surface area contributed by atoms with Crippen molar-refractivity contribution in [1.29, 1.82) is 0 Å². The number of benzene rings is 2. The molecule has 0 aliphatic carbocycles. The van der Waals surface area contributed by atoms with E-state index in [1.165, 1.54) is 0 Å². The molecule has 2 rings (SSSR count). The van der Waals surface area contributed by atoms with Gasteiger partial charge >= 0.3 is 12.1 Å². The Bertz CT molecular complexity index is 1240. The summed E-state index contributed by atoms with van der Waals surface area (Å²) in [7, 11) is -6.34. The van der Waals surface area contributed by atoms with Crippen molar-refractivity contribution in [1.82, 2.24) is 5.32 Å². The van der Waals surface area contributed by atoms with Gasteiger partial charge in [-0.2, -0.15) is 8.42 Å². The number of hydrogen-bond acceptors (Lipinski definition) is 8. The summed E-state index contributed by atoms with van der Waals surface area (Å²) >= 11 is 0. The Morgan fingerprint density at radius 3 is 2.05 bits per heavy atom. The summed E-state index contributed by atoms with van der Waals surface area (Å²) < 4.78 is 47.1. The van der Waals surface area contributed by atoms with Crippen molar-refractivity contribution in [2.45, 2.75) is 77.1 Å². The summed E-state index contributed by atoms with van der Waals surface area (Å²) in [6.45, 7) is 11.6. The smallest absolute Gasteiger partial charge is 0.407 e. The summed E-state index contributed by atoms with van der Waals surface area (Å²) in [5.74, 6) is -0.571. The van der Waals surface area contributed by atoms with Gasteiger partial charge in [-0.3, -0.25) is 8.98 Å². The second-order valence-electron chi connectivity index (χ2n) is 11.3. The number of alkyl carbamates (subject to hydrolysis) is 1. The first-order chi connectivity index (χ1) is 19.1. The first-order valence-corrected chi connectivity index (χ1v) is 18.2. The fraction of sp³-hybridized carbons (Fsp3) is 0.467. The summed E-state index contributed by atoms with van der Waals surface area (Å²) in [6, 6.07) is 17.1. The van der Waals surface area contributed by atoms with E-state index in [9.17, 15) is 18.0 Å². The first-order valence-electron chi connectivity index (χ1n) is 13.5. The van der Waals surface area contributed by atoms with E-state index in [4.69, 9.17) is 18.1 Å². The van der Waals surface area contributed by atoms with E-state index >= 15 is 0 Å². The number of allylic oxidation sites excluding steroid dienone is 1. The lowest BCUT2D eigenvalue weighted by atomic mass is 10.0. The molecule has 0 aliphatic heterocycles. The third-order valence-corrected chi connectivity index (χ3v) is 11.8. The van der Waals surface area contributed by atoms with Gasteiger partial charge in [-0.1, -0.05) is 93.6 Å². The Labute approximate surface area is 245 Å². The minimum Gasteiger partial charge on any atom is -0.457 e. The molecule has 0 fully saturated rings. The van der Waals surface area contributed by atoms with Crippen LogP contribution in [0.3, 0.4) is 0 Å². The Morgan fingerprint density at radius 2 is 1.54 bits per heavy atom. The van der Waals surface area contributed by atoms with Crippen LogP contribution in [0.2, 0.25) is 18.1 Å². The van der Waals surface area contributed by atoms with Crippen LogP contribution in [0, 0.1) is 0 Å². The van der Waals surface area contributed by atoms with Gasteiger partial charge in [-0.05, 0) is 36.2 Å². The molecule has 3 atom stereocenters. The third kappa shape index (κ3) is 12.2. The molecular formula is C30H43NO8SSi. The van der Waals surface area contributed by atoms with E-state index < -0.39 is 55.4 Å². The normalized spacial score (nSPS) is 14.7. The van der Waals surface area contributed by atoms with E-state index in [2.05, 4.69) is 39.2 Å². The second kappa shape index (κ2) is 15.3. The number of amides is 1. The highest BCUT2D eigenvalue weighted by molar-refractivity contribution is 7.85. The maximum atomic E-state index is 13.2. The highest BCUT2D eigenvalue weighted by atomic mass is 32.2. The summed E-state index contributed by atoms with van der Waals surface area (Å²) in [5, 5.41) is 2.48. The fourth-order valence-electron chi connectivity index (χ4n) is 3.59. The molecule has 41 heavy (non-hydrogen) atoms. The van der Waals surface area contributed by atoms with Crippen LogP contribution in [0.15, 0.2) is 72.8 Å².